The van der Waals surface area contributed by atoms with Gasteiger partial charge < -0.3 is 5.73 Å². The van der Waals surface area contributed by atoms with Gasteiger partial charge in [0.1, 0.15) is 6.33 Å². The lowest BCUT2D eigenvalue weighted by atomic mass is 10.2. The Balaban J connectivity index is 2.28. The van der Waals surface area contributed by atoms with Crippen LogP contribution in [0.25, 0.3) is 0 Å². The number of hydrogen-bond donors (Lipinski definition) is 1. The Morgan fingerprint density at radius 2 is 2.46 bits per heavy atom. The molecule has 0 radical (unpaired) electrons. The van der Waals surface area contributed by atoms with Gasteiger partial charge in [0, 0.05) is 0 Å². The molecule has 1 unspecified atom stereocenters. The zero-order valence-electron chi connectivity index (χ0n) is 7.21. The maximum atomic E-state index is 5.43. The van der Waals surface area contributed by atoms with Crippen molar-refractivity contribution in [1.29, 1.82) is 0 Å². The van der Waals surface area contributed by atoms with E-state index >= 15 is 0 Å². The van der Waals surface area contributed by atoms with Crippen molar-refractivity contribution in [2.75, 3.05) is 5.73 Å². The third kappa shape index (κ3) is 1.55. The number of thiophene rings is 1. The summed E-state index contributed by atoms with van der Waals surface area (Å²) >= 11 is 1.68. The van der Waals surface area contributed by atoms with Gasteiger partial charge in [0.2, 0.25) is 5.95 Å². The van der Waals surface area contributed by atoms with Crippen LogP contribution in [-0.4, -0.2) is 14.8 Å². The summed E-state index contributed by atoms with van der Waals surface area (Å²) in [4.78, 5) is 3.88. The maximum absolute atomic E-state index is 5.43. The fourth-order valence-corrected chi connectivity index (χ4v) is 1.89. The average molecular weight is 194 g/mol. The predicted molar refractivity (Wildman–Crippen MR) is 52.6 cm³/mol. The summed E-state index contributed by atoms with van der Waals surface area (Å²) in [5, 5.41) is 8.20. The monoisotopic (exact) mass is 194 g/mol. The van der Waals surface area contributed by atoms with Gasteiger partial charge in [-0.05, 0) is 29.3 Å². The number of nitrogens with two attached hydrogens (primary N) is 1. The highest BCUT2D eigenvalue weighted by Crippen LogP contribution is 2.19. The molecule has 0 aliphatic rings. The molecule has 0 saturated carbocycles. The van der Waals surface area contributed by atoms with Gasteiger partial charge in [-0.3, -0.25) is 0 Å². The molecule has 4 nitrogen and oxygen atoms in total. The Morgan fingerprint density at radius 3 is 3.00 bits per heavy atom. The lowest BCUT2D eigenvalue weighted by molar-refractivity contribution is 0.566. The summed E-state index contributed by atoms with van der Waals surface area (Å²) in [6.07, 6.45) is 1.65. The summed E-state index contributed by atoms with van der Waals surface area (Å²) < 4.78 is 1.76. The van der Waals surface area contributed by atoms with E-state index in [1.807, 2.05) is 5.38 Å². The van der Waals surface area contributed by atoms with Crippen LogP contribution in [0.4, 0.5) is 5.95 Å². The van der Waals surface area contributed by atoms with Crippen molar-refractivity contribution in [2.24, 2.45) is 0 Å². The smallest absolute Gasteiger partial charge is 0.239 e. The molecule has 0 fully saturated rings. The molecule has 0 saturated heterocycles. The van der Waals surface area contributed by atoms with Crippen LogP contribution in [0.3, 0.4) is 0 Å². The quantitative estimate of drug-likeness (QED) is 0.788. The molecule has 0 aliphatic carbocycles. The van der Waals surface area contributed by atoms with Crippen molar-refractivity contribution in [3.63, 3.8) is 0 Å². The van der Waals surface area contributed by atoms with E-state index in [1.54, 1.807) is 22.3 Å². The van der Waals surface area contributed by atoms with Gasteiger partial charge in [-0.25, -0.2) is 9.67 Å². The zero-order chi connectivity index (χ0) is 9.26. The molecule has 13 heavy (non-hydrogen) atoms. The lowest BCUT2D eigenvalue weighted by Crippen LogP contribution is -2.06. The molecule has 0 aliphatic heterocycles. The number of rotatable bonds is 2. The van der Waals surface area contributed by atoms with Crippen LogP contribution in [0, 0.1) is 0 Å². The van der Waals surface area contributed by atoms with Crippen LogP contribution in [-0.2, 0) is 0 Å². The summed E-state index contributed by atoms with van der Waals surface area (Å²) in [7, 11) is 0. The highest BCUT2D eigenvalue weighted by molar-refractivity contribution is 7.07. The van der Waals surface area contributed by atoms with Crippen molar-refractivity contribution >= 4 is 17.3 Å². The van der Waals surface area contributed by atoms with E-state index in [9.17, 15) is 0 Å². The average Bonchev–Trinajstić information content (AvgIpc) is 2.72. The van der Waals surface area contributed by atoms with E-state index in [-0.39, 0.29) is 6.04 Å². The topological polar surface area (TPSA) is 56.7 Å². The van der Waals surface area contributed by atoms with E-state index < -0.39 is 0 Å². The Labute approximate surface area is 80.0 Å². The summed E-state index contributed by atoms with van der Waals surface area (Å²) in [5.41, 5.74) is 6.66. The number of nitrogens with zero attached hydrogens (tertiary/aromatic N) is 3. The number of anilines is 1. The second-order valence-electron chi connectivity index (χ2n) is 2.82. The molecule has 0 amide bonds. The second kappa shape index (κ2) is 3.18. The highest BCUT2D eigenvalue weighted by atomic mass is 32.1. The molecule has 0 aromatic carbocycles. The molecule has 2 heterocycles. The first-order valence-electron chi connectivity index (χ1n) is 3.96. The first-order chi connectivity index (χ1) is 6.27. The SMILES string of the molecule is CC(c1ccsc1)n1cnc(N)n1. The van der Waals surface area contributed by atoms with Gasteiger partial charge in [-0.2, -0.15) is 11.3 Å². The van der Waals surface area contributed by atoms with Crippen LogP contribution >= 0.6 is 11.3 Å². The first-order valence-corrected chi connectivity index (χ1v) is 4.90. The highest BCUT2D eigenvalue weighted by Gasteiger charge is 2.08. The van der Waals surface area contributed by atoms with Crippen molar-refractivity contribution in [3.8, 4) is 0 Å². The minimum atomic E-state index is 0.205. The largest absolute Gasteiger partial charge is 0.367 e. The normalized spacial score (nSPS) is 13.0. The Morgan fingerprint density at radius 1 is 1.62 bits per heavy atom. The third-order valence-corrected chi connectivity index (χ3v) is 2.65. The molecule has 1 atom stereocenters. The molecule has 2 aromatic rings. The Bertz CT molecular complexity index is 379. The van der Waals surface area contributed by atoms with Crippen molar-refractivity contribution in [2.45, 2.75) is 13.0 Å². The molecular weight excluding hydrogens is 184 g/mol. The fraction of sp³-hybridized carbons (Fsp3) is 0.250. The van der Waals surface area contributed by atoms with Crippen molar-refractivity contribution in [1.82, 2.24) is 14.8 Å². The van der Waals surface area contributed by atoms with Crippen molar-refractivity contribution < 1.29 is 0 Å². The molecule has 2 rings (SSSR count). The number of nitrogen functional groups attached to an aromatic ring is 1. The van der Waals surface area contributed by atoms with Crippen LogP contribution < -0.4 is 5.73 Å². The van der Waals surface area contributed by atoms with E-state index in [4.69, 9.17) is 5.73 Å². The molecule has 0 spiro atoms. The maximum Gasteiger partial charge on any atom is 0.239 e. The number of hydrogen-bond acceptors (Lipinski definition) is 4. The van der Waals surface area contributed by atoms with E-state index in [0.717, 1.165) is 0 Å². The zero-order valence-corrected chi connectivity index (χ0v) is 8.03. The van der Waals surface area contributed by atoms with Gasteiger partial charge >= 0.3 is 0 Å². The molecular formula is C8H10N4S. The van der Waals surface area contributed by atoms with Gasteiger partial charge in [-0.1, -0.05) is 0 Å². The molecule has 0 bridgehead atoms. The van der Waals surface area contributed by atoms with E-state index in [0.29, 0.717) is 5.95 Å². The Hall–Kier alpha value is -1.36. The minimum Gasteiger partial charge on any atom is -0.367 e. The molecule has 68 valence electrons. The van der Waals surface area contributed by atoms with E-state index in [2.05, 4.69) is 28.5 Å². The summed E-state index contributed by atoms with van der Waals surface area (Å²) in [5.74, 6) is 0.321. The van der Waals surface area contributed by atoms with E-state index in [1.165, 1.54) is 5.56 Å². The molecule has 5 heteroatoms. The Kier molecular flexibility index (Phi) is 2.02. The van der Waals surface area contributed by atoms with Crippen LogP contribution in [0.2, 0.25) is 0 Å². The summed E-state index contributed by atoms with van der Waals surface area (Å²) in [6, 6.07) is 2.28. The van der Waals surface area contributed by atoms with Crippen LogP contribution in [0.15, 0.2) is 23.2 Å². The second-order valence-corrected chi connectivity index (χ2v) is 3.60. The molecule has 2 aromatic heterocycles. The first kappa shape index (κ1) is 8.25. The van der Waals surface area contributed by atoms with Gasteiger partial charge in [0.15, 0.2) is 0 Å². The molecule has 2 N–H and O–H groups in total. The standard InChI is InChI=1S/C8H10N4S/c1-6(7-2-3-13-4-7)12-5-10-8(9)11-12/h2-6H,1H3,(H2,9,11). The van der Waals surface area contributed by atoms with Crippen LogP contribution in [0.5, 0.6) is 0 Å². The number of aromatic nitrogens is 3. The lowest BCUT2D eigenvalue weighted by Gasteiger charge is -2.08. The van der Waals surface area contributed by atoms with Gasteiger partial charge in [-0.15, -0.1) is 5.10 Å². The van der Waals surface area contributed by atoms with Crippen molar-refractivity contribution in [3.05, 3.63) is 28.7 Å². The third-order valence-electron chi connectivity index (χ3n) is 1.95. The summed E-state index contributed by atoms with van der Waals surface area (Å²) in [6.45, 7) is 2.07. The minimum absolute atomic E-state index is 0.205. The van der Waals surface area contributed by atoms with Crippen LogP contribution in [0.1, 0.15) is 18.5 Å². The predicted octanol–water partition coefficient (Wildman–Crippen LogP) is 1.53. The van der Waals surface area contributed by atoms with Gasteiger partial charge in [0.25, 0.3) is 0 Å². The van der Waals surface area contributed by atoms with Gasteiger partial charge in [0.05, 0.1) is 6.04 Å². The fourth-order valence-electron chi connectivity index (χ4n) is 1.14.